The van der Waals surface area contributed by atoms with Crippen LogP contribution in [0.4, 0.5) is 0 Å². The van der Waals surface area contributed by atoms with Gasteiger partial charge in [-0.1, -0.05) is 5.16 Å². The Bertz CT molecular complexity index is 460. The molecule has 0 spiro atoms. The summed E-state index contributed by atoms with van der Waals surface area (Å²) in [7, 11) is 0. The van der Waals surface area contributed by atoms with E-state index >= 15 is 0 Å². The van der Waals surface area contributed by atoms with Crippen LogP contribution in [-0.2, 0) is 6.42 Å². The topological polar surface area (TPSA) is 51.8 Å². The zero-order chi connectivity index (χ0) is 10.7. The van der Waals surface area contributed by atoms with Crippen molar-refractivity contribution in [2.75, 3.05) is 5.88 Å². The van der Waals surface area contributed by atoms with Crippen LogP contribution >= 0.6 is 27.5 Å². The van der Waals surface area contributed by atoms with E-state index in [1.54, 1.807) is 6.20 Å². The van der Waals surface area contributed by atoms with Gasteiger partial charge in [0.25, 0.3) is 0 Å². The molecule has 0 atom stereocenters. The molecule has 2 rings (SSSR count). The summed E-state index contributed by atoms with van der Waals surface area (Å²) in [4.78, 5) is 8.33. The highest BCUT2D eigenvalue weighted by Gasteiger charge is 2.11. The second kappa shape index (κ2) is 4.72. The SMILES string of the molecule is ClCCc1nc(-c2ncccc2Br)no1. The second-order valence-electron chi connectivity index (χ2n) is 2.78. The Morgan fingerprint density at radius 2 is 2.33 bits per heavy atom. The number of hydrogen-bond acceptors (Lipinski definition) is 4. The summed E-state index contributed by atoms with van der Waals surface area (Å²) in [5, 5.41) is 3.83. The average molecular weight is 289 g/mol. The van der Waals surface area contributed by atoms with Crippen molar-refractivity contribution < 1.29 is 4.52 Å². The highest BCUT2D eigenvalue weighted by Crippen LogP contribution is 2.22. The molecule has 0 saturated carbocycles. The smallest absolute Gasteiger partial charge is 0.228 e. The fourth-order valence-electron chi connectivity index (χ4n) is 1.08. The molecule has 0 aromatic carbocycles. The third kappa shape index (κ3) is 2.35. The number of nitrogens with zero attached hydrogens (tertiary/aromatic N) is 3. The zero-order valence-electron chi connectivity index (χ0n) is 7.65. The van der Waals surface area contributed by atoms with E-state index in [0.29, 0.717) is 29.7 Å². The maximum absolute atomic E-state index is 5.57. The molecule has 0 unspecified atom stereocenters. The fourth-order valence-corrected chi connectivity index (χ4v) is 1.68. The number of aromatic nitrogens is 3. The van der Waals surface area contributed by atoms with Gasteiger partial charge in [-0.2, -0.15) is 4.98 Å². The van der Waals surface area contributed by atoms with Crippen LogP contribution in [0.25, 0.3) is 11.5 Å². The van der Waals surface area contributed by atoms with Crippen molar-refractivity contribution in [2.45, 2.75) is 6.42 Å². The zero-order valence-corrected chi connectivity index (χ0v) is 9.99. The first kappa shape index (κ1) is 10.6. The van der Waals surface area contributed by atoms with Gasteiger partial charge in [0.1, 0.15) is 5.69 Å². The van der Waals surface area contributed by atoms with Crippen molar-refractivity contribution in [1.82, 2.24) is 15.1 Å². The molecule has 0 radical (unpaired) electrons. The maximum Gasteiger partial charge on any atom is 0.228 e. The minimum absolute atomic E-state index is 0.463. The number of pyridine rings is 1. The Kier molecular flexibility index (Phi) is 3.33. The Labute approximate surface area is 99.8 Å². The first-order valence-electron chi connectivity index (χ1n) is 4.30. The van der Waals surface area contributed by atoms with Crippen LogP contribution in [0.2, 0.25) is 0 Å². The third-order valence-corrected chi connectivity index (χ3v) is 2.58. The monoisotopic (exact) mass is 287 g/mol. The summed E-state index contributed by atoms with van der Waals surface area (Å²) in [6.07, 6.45) is 2.25. The third-order valence-electron chi connectivity index (χ3n) is 1.75. The maximum atomic E-state index is 5.57. The van der Waals surface area contributed by atoms with Gasteiger partial charge in [0.05, 0.1) is 0 Å². The van der Waals surface area contributed by atoms with E-state index in [4.69, 9.17) is 16.1 Å². The summed E-state index contributed by atoms with van der Waals surface area (Å²) in [6, 6.07) is 3.70. The molecule has 0 amide bonds. The Morgan fingerprint density at radius 3 is 3.07 bits per heavy atom. The molecule has 2 heterocycles. The Balaban J connectivity index is 2.33. The van der Waals surface area contributed by atoms with Crippen LogP contribution in [0, 0.1) is 0 Å². The lowest BCUT2D eigenvalue weighted by Crippen LogP contribution is -1.88. The predicted molar refractivity (Wildman–Crippen MR) is 59.7 cm³/mol. The molecule has 2 aromatic heterocycles. The second-order valence-corrected chi connectivity index (χ2v) is 4.02. The van der Waals surface area contributed by atoms with Gasteiger partial charge in [-0.3, -0.25) is 4.98 Å². The van der Waals surface area contributed by atoms with Crippen molar-refractivity contribution in [3.63, 3.8) is 0 Å². The molecule has 0 aliphatic heterocycles. The van der Waals surface area contributed by atoms with Crippen LogP contribution in [0.15, 0.2) is 27.3 Å². The molecule has 4 nitrogen and oxygen atoms in total. The molecular formula is C9H7BrClN3O. The molecule has 6 heteroatoms. The summed E-state index contributed by atoms with van der Waals surface area (Å²) in [6.45, 7) is 0. The largest absolute Gasteiger partial charge is 0.339 e. The molecule has 0 fully saturated rings. The van der Waals surface area contributed by atoms with E-state index in [9.17, 15) is 0 Å². The van der Waals surface area contributed by atoms with E-state index < -0.39 is 0 Å². The van der Waals surface area contributed by atoms with Crippen molar-refractivity contribution in [3.05, 3.63) is 28.7 Å². The molecule has 0 saturated heterocycles. The van der Waals surface area contributed by atoms with Gasteiger partial charge in [-0.25, -0.2) is 0 Å². The highest BCUT2D eigenvalue weighted by atomic mass is 79.9. The molecule has 0 bridgehead atoms. The van der Waals surface area contributed by atoms with Crippen LogP contribution in [0.1, 0.15) is 5.89 Å². The van der Waals surface area contributed by atoms with Gasteiger partial charge >= 0.3 is 0 Å². The number of halogens is 2. The van der Waals surface area contributed by atoms with E-state index in [1.807, 2.05) is 12.1 Å². The van der Waals surface area contributed by atoms with Gasteiger partial charge in [0.2, 0.25) is 11.7 Å². The van der Waals surface area contributed by atoms with Crippen molar-refractivity contribution >= 4 is 27.5 Å². The number of aryl methyl sites for hydroxylation is 1. The molecule has 2 aromatic rings. The van der Waals surface area contributed by atoms with E-state index in [2.05, 4.69) is 31.1 Å². The van der Waals surface area contributed by atoms with Gasteiger partial charge in [-0.15, -0.1) is 11.6 Å². The standard InChI is InChI=1S/C9H7BrClN3O/c10-6-2-1-5-12-8(6)9-13-7(3-4-11)15-14-9/h1-2,5H,3-4H2. The van der Waals surface area contributed by atoms with Crippen molar-refractivity contribution in [1.29, 1.82) is 0 Å². The number of alkyl halides is 1. The molecule has 0 aliphatic rings. The summed E-state index contributed by atoms with van der Waals surface area (Å²) >= 11 is 8.94. The minimum Gasteiger partial charge on any atom is -0.339 e. The number of hydrogen-bond donors (Lipinski definition) is 0. The summed E-state index contributed by atoms with van der Waals surface area (Å²) in [5.41, 5.74) is 0.669. The van der Waals surface area contributed by atoms with Crippen LogP contribution in [-0.4, -0.2) is 21.0 Å². The molecular weight excluding hydrogens is 281 g/mol. The van der Waals surface area contributed by atoms with Crippen molar-refractivity contribution in [2.24, 2.45) is 0 Å². The Hall–Kier alpha value is -0.940. The quantitative estimate of drug-likeness (QED) is 0.815. The highest BCUT2D eigenvalue weighted by molar-refractivity contribution is 9.10. The van der Waals surface area contributed by atoms with Gasteiger partial charge in [0.15, 0.2) is 0 Å². The first-order valence-corrected chi connectivity index (χ1v) is 5.63. The number of rotatable bonds is 3. The molecule has 78 valence electrons. The van der Waals surface area contributed by atoms with Crippen LogP contribution < -0.4 is 0 Å². The molecule has 0 N–H and O–H groups in total. The molecule has 0 aliphatic carbocycles. The van der Waals surface area contributed by atoms with Crippen LogP contribution in [0.3, 0.4) is 0 Å². The van der Waals surface area contributed by atoms with Crippen LogP contribution in [0.5, 0.6) is 0 Å². The van der Waals surface area contributed by atoms with E-state index in [0.717, 1.165) is 4.47 Å². The lowest BCUT2D eigenvalue weighted by atomic mass is 10.3. The fraction of sp³-hybridized carbons (Fsp3) is 0.222. The summed E-state index contributed by atoms with van der Waals surface area (Å²) in [5.74, 6) is 1.46. The van der Waals surface area contributed by atoms with Gasteiger partial charge < -0.3 is 4.52 Å². The summed E-state index contributed by atoms with van der Waals surface area (Å²) < 4.78 is 5.84. The van der Waals surface area contributed by atoms with Crippen molar-refractivity contribution in [3.8, 4) is 11.5 Å². The Morgan fingerprint density at radius 1 is 1.47 bits per heavy atom. The van der Waals surface area contributed by atoms with E-state index in [1.165, 1.54) is 0 Å². The van der Waals surface area contributed by atoms with Gasteiger partial charge in [0, 0.05) is 23.0 Å². The predicted octanol–water partition coefficient (Wildman–Crippen LogP) is 2.68. The lowest BCUT2D eigenvalue weighted by Gasteiger charge is -1.94. The average Bonchev–Trinajstić information content (AvgIpc) is 2.68. The lowest BCUT2D eigenvalue weighted by molar-refractivity contribution is 0.383. The minimum atomic E-state index is 0.463. The normalized spacial score (nSPS) is 10.5. The molecule has 15 heavy (non-hydrogen) atoms. The van der Waals surface area contributed by atoms with Gasteiger partial charge in [-0.05, 0) is 28.1 Å². The first-order chi connectivity index (χ1) is 7.31. The van der Waals surface area contributed by atoms with E-state index in [-0.39, 0.29) is 0 Å².